The van der Waals surface area contributed by atoms with Gasteiger partial charge in [0.05, 0.1) is 21.8 Å². The van der Waals surface area contributed by atoms with Crippen molar-refractivity contribution in [3.05, 3.63) is 87.4 Å². The fourth-order valence-corrected chi connectivity index (χ4v) is 6.09. The second-order valence-corrected chi connectivity index (χ2v) is 10.4. The van der Waals surface area contributed by atoms with Gasteiger partial charge in [0.1, 0.15) is 19.0 Å². The van der Waals surface area contributed by atoms with Crippen LogP contribution < -0.4 is 14.4 Å². The first-order valence-electron chi connectivity index (χ1n) is 11.7. The molecule has 7 nitrogen and oxygen atoms in total. The van der Waals surface area contributed by atoms with E-state index in [9.17, 15) is 14.7 Å². The standard InChI is InChI=1S/C28H21ClN2O5S/c1-14-11-15(2)23-21(12-14)37-28(30-23)31-24(16-3-6-18(29)7-4-16)22(26(33)27(31)34)25(32)17-5-8-19-20(13-17)36-10-9-35-19/h3-8,11-13,24,32H,9-10H2,1-2H3/b25-22+/t24-/m1/s1. The highest BCUT2D eigenvalue weighted by Crippen LogP contribution is 2.45. The van der Waals surface area contributed by atoms with Gasteiger partial charge in [-0.1, -0.05) is 41.1 Å². The van der Waals surface area contributed by atoms with Crippen molar-refractivity contribution in [2.24, 2.45) is 0 Å². The third-order valence-corrected chi connectivity index (χ3v) is 7.72. The number of nitrogens with zero attached hydrogens (tertiary/aromatic N) is 2. The number of carbonyl (C=O) groups is 2. The second-order valence-electron chi connectivity index (χ2n) is 9.00. The molecule has 0 radical (unpaired) electrons. The molecule has 1 N–H and O–H groups in total. The summed E-state index contributed by atoms with van der Waals surface area (Å²) < 4.78 is 12.1. The molecule has 1 saturated heterocycles. The van der Waals surface area contributed by atoms with Gasteiger partial charge >= 0.3 is 5.91 Å². The number of ketones is 1. The van der Waals surface area contributed by atoms with E-state index in [2.05, 4.69) is 0 Å². The highest BCUT2D eigenvalue weighted by molar-refractivity contribution is 7.22. The van der Waals surface area contributed by atoms with Crippen LogP contribution in [0.15, 0.2) is 60.2 Å². The van der Waals surface area contributed by atoms with Crippen molar-refractivity contribution in [3.8, 4) is 11.5 Å². The van der Waals surface area contributed by atoms with Crippen molar-refractivity contribution in [3.63, 3.8) is 0 Å². The number of hydrogen-bond donors (Lipinski definition) is 1. The number of amides is 1. The molecule has 3 aromatic carbocycles. The van der Waals surface area contributed by atoms with Crippen molar-refractivity contribution >= 4 is 55.7 Å². The van der Waals surface area contributed by atoms with E-state index in [0.717, 1.165) is 21.3 Å². The Morgan fingerprint density at radius 3 is 2.51 bits per heavy atom. The number of Topliss-reactive ketones (excluding diaryl/α,β-unsaturated/α-hetero) is 1. The lowest BCUT2D eigenvalue weighted by Gasteiger charge is -2.23. The molecule has 4 aromatic rings. The molecule has 0 spiro atoms. The van der Waals surface area contributed by atoms with Crippen molar-refractivity contribution in [2.45, 2.75) is 19.9 Å². The van der Waals surface area contributed by atoms with Crippen molar-refractivity contribution in [2.75, 3.05) is 18.1 Å². The van der Waals surface area contributed by atoms with Crippen LogP contribution in [-0.2, 0) is 9.59 Å². The van der Waals surface area contributed by atoms with E-state index in [0.29, 0.717) is 46.0 Å². The molecule has 0 unspecified atom stereocenters. The molecule has 1 amide bonds. The van der Waals surface area contributed by atoms with Crippen LogP contribution in [0.5, 0.6) is 11.5 Å². The Bertz CT molecular complexity index is 1630. The summed E-state index contributed by atoms with van der Waals surface area (Å²) >= 11 is 7.47. The molecule has 3 heterocycles. The Morgan fingerprint density at radius 2 is 1.76 bits per heavy atom. The number of rotatable bonds is 3. The molecule has 2 aliphatic rings. The van der Waals surface area contributed by atoms with Crippen molar-refractivity contribution < 1.29 is 24.2 Å². The minimum absolute atomic E-state index is 0.0313. The summed E-state index contributed by atoms with van der Waals surface area (Å²) in [5.41, 5.74) is 3.76. The highest BCUT2D eigenvalue weighted by Gasteiger charge is 2.48. The molecule has 0 bridgehead atoms. The van der Waals surface area contributed by atoms with E-state index in [1.165, 1.54) is 16.2 Å². The Balaban J connectivity index is 1.55. The van der Waals surface area contributed by atoms with Crippen LogP contribution in [0.3, 0.4) is 0 Å². The number of anilines is 1. The number of benzene rings is 3. The van der Waals surface area contributed by atoms with Crippen molar-refractivity contribution in [1.82, 2.24) is 4.98 Å². The van der Waals surface area contributed by atoms with Gasteiger partial charge in [-0.05, 0) is 66.9 Å². The molecular weight excluding hydrogens is 512 g/mol. The summed E-state index contributed by atoms with van der Waals surface area (Å²) in [7, 11) is 0. The van der Waals surface area contributed by atoms with Crippen LogP contribution in [0.2, 0.25) is 5.02 Å². The Morgan fingerprint density at radius 1 is 1.03 bits per heavy atom. The molecule has 186 valence electrons. The molecule has 1 fully saturated rings. The second kappa shape index (κ2) is 8.90. The summed E-state index contributed by atoms with van der Waals surface area (Å²) in [5, 5.41) is 12.3. The number of hydrogen-bond acceptors (Lipinski definition) is 7. The number of aryl methyl sites for hydroxylation is 2. The molecule has 9 heteroatoms. The number of fused-ring (bicyclic) bond motifs is 2. The average Bonchev–Trinajstić information content (AvgIpc) is 3.42. The minimum atomic E-state index is -0.896. The number of aromatic nitrogens is 1. The first-order valence-corrected chi connectivity index (χ1v) is 12.9. The van der Waals surface area contributed by atoms with E-state index >= 15 is 0 Å². The number of thiazole rings is 1. The highest BCUT2D eigenvalue weighted by atomic mass is 35.5. The predicted molar refractivity (Wildman–Crippen MR) is 143 cm³/mol. The lowest BCUT2D eigenvalue weighted by molar-refractivity contribution is -0.132. The molecule has 6 rings (SSSR count). The third kappa shape index (κ3) is 3.93. The molecule has 1 atom stereocenters. The minimum Gasteiger partial charge on any atom is -0.507 e. The van der Waals surface area contributed by atoms with Crippen LogP contribution in [0, 0.1) is 13.8 Å². The van der Waals surface area contributed by atoms with Crippen LogP contribution in [0.25, 0.3) is 16.0 Å². The monoisotopic (exact) mass is 532 g/mol. The Hall–Kier alpha value is -3.88. The van der Waals surface area contributed by atoms with E-state index in [1.807, 2.05) is 26.0 Å². The predicted octanol–water partition coefficient (Wildman–Crippen LogP) is 5.96. The van der Waals surface area contributed by atoms with Crippen LogP contribution in [0.4, 0.5) is 5.13 Å². The van der Waals surface area contributed by atoms with Crippen LogP contribution in [-0.4, -0.2) is 35.0 Å². The van der Waals surface area contributed by atoms with Gasteiger partial charge in [-0.25, -0.2) is 4.98 Å². The largest absolute Gasteiger partial charge is 0.507 e. The first-order chi connectivity index (χ1) is 17.8. The summed E-state index contributed by atoms with van der Waals surface area (Å²) in [5.74, 6) is -0.833. The van der Waals surface area contributed by atoms with Gasteiger partial charge in [-0.3, -0.25) is 14.5 Å². The molecule has 2 aliphatic heterocycles. The van der Waals surface area contributed by atoms with Crippen LogP contribution in [0.1, 0.15) is 28.3 Å². The van der Waals surface area contributed by atoms with E-state index in [4.69, 9.17) is 26.1 Å². The SMILES string of the molecule is Cc1cc(C)c2nc(N3C(=O)C(=O)/C(=C(/O)c4ccc5c(c4)OCCO5)[C@H]3c3ccc(Cl)cc3)sc2c1. The van der Waals surface area contributed by atoms with Gasteiger partial charge in [-0.2, -0.15) is 0 Å². The summed E-state index contributed by atoms with van der Waals surface area (Å²) in [4.78, 5) is 33.1. The zero-order valence-electron chi connectivity index (χ0n) is 19.9. The van der Waals surface area contributed by atoms with E-state index in [1.54, 1.807) is 42.5 Å². The summed E-state index contributed by atoms with van der Waals surface area (Å²) in [6, 6.07) is 14.9. The normalized spacial score (nSPS) is 18.6. The number of halogens is 1. The summed E-state index contributed by atoms with van der Waals surface area (Å²) in [6.07, 6.45) is 0. The molecule has 37 heavy (non-hydrogen) atoms. The number of ether oxygens (including phenoxy) is 2. The number of aliphatic hydroxyl groups is 1. The fourth-order valence-electron chi connectivity index (χ4n) is 4.80. The zero-order valence-corrected chi connectivity index (χ0v) is 21.5. The maximum atomic E-state index is 13.5. The first kappa shape index (κ1) is 23.5. The molecule has 1 aromatic heterocycles. The van der Waals surface area contributed by atoms with Crippen LogP contribution >= 0.6 is 22.9 Å². The van der Waals surface area contributed by atoms with Gasteiger partial charge in [0.25, 0.3) is 5.78 Å². The topological polar surface area (TPSA) is 89.0 Å². The van der Waals surface area contributed by atoms with Crippen molar-refractivity contribution in [1.29, 1.82) is 0 Å². The Labute approximate surface area is 221 Å². The van der Waals surface area contributed by atoms with E-state index in [-0.39, 0.29) is 11.3 Å². The quantitative estimate of drug-likeness (QED) is 0.199. The lowest BCUT2D eigenvalue weighted by atomic mass is 9.95. The van der Waals surface area contributed by atoms with Gasteiger partial charge in [0.15, 0.2) is 16.6 Å². The zero-order chi connectivity index (χ0) is 25.8. The van der Waals surface area contributed by atoms with Gasteiger partial charge < -0.3 is 14.6 Å². The molecule has 0 aliphatic carbocycles. The van der Waals surface area contributed by atoms with Gasteiger partial charge in [-0.15, -0.1) is 0 Å². The number of aliphatic hydroxyl groups excluding tert-OH is 1. The maximum absolute atomic E-state index is 13.5. The average molecular weight is 533 g/mol. The smallest absolute Gasteiger partial charge is 0.301 e. The Kier molecular flexibility index (Phi) is 5.66. The van der Waals surface area contributed by atoms with Gasteiger partial charge in [0, 0.05) is 10.6 Å². The molecule has 0 saturated carbocycles. The van der Waals surface area contributed by atoms with Gasteiger partial charge in [0.2, 0.25) is 0 Å². The summed E-state index contributed by atoms with van der Waals surface area (Å²) in [6.45, 7) is 4.77. The molecular formula is C28H21ClN2O5S. The third-order valence-electron chi connectivity index (χ3n) is 6.47. The lowest BCUT2D eigenvalue weighted by Crippen LogP contribution is -2.29. The maximum Gasteiger partial charge on any atom is 0.301 e. The fraction of sp³-hybridized carbons (Fsp3) is 0.179. The number of carbonyl (C=O) groups excluding carboxylic acids is 2. The van der Waals surface area contributed by atoms with E-state index < -0.39 is 17.7 Å².